The average molecular weight is 566 g/mol. The molecule has 2 aromatic rings. The third-order valence-electron chi connectivity index (χ3n) is 7.72. The lowest BCUT2D eigenvalue weighted by atomic mass is 9.71. The van der Waals surface area contributed by atoms with Crippen LogP contribution < -0.4 is 14.8 Å². The Kier molecular flexibility index (Phi) is 7.43. The Balaban J connectivity index is 1.54. The number of allylic oxidation sites excluding steroid dienone is 3. The second-order valence-electron chi connectivity index (χ2n) is 10.00. The molecule has 1 heterocycles. The van der Waals surface area contributed by atoms with E-state index in [2.05, 4.69) is 21.2 Å². The van der Waals surface area contributed by atoms with E-state index in [0.717, 1.165) is 58.4 Å². The lowest BCUT2D eigenvalue weighted by Gasteiger charge is -2.37. The SMILES string of the molecule is COc1ccc([C@@H]2CC(=O)C3=C(C2)NC(C)=C(C(=O)OC2CCCC2)[C@H]3c2ccc(OC)c(Br)c2)cc1. The van der Waals surface area contributed by atoms with Crippen molar-refractivity contribution in [3.05, 3.63) is 80.6 Å². The molecule has 37 heavy (non-hydrogen) atoms. The molecule has 6 nitrogen and oxygen atoms in total. The maximum atomic E-state index is 13.8. The molecule has 0 unspecified atom stereocenters. The molecule has 5 rings (SSSR count). The molecule has 1 N–H and O–H groups in total. The van der Waals surface area contributed by atoms with Crippen LogP contribution in [0.25, 0.3) is 0 Å². The van der Waals surface area contributed by atoms with Crippen molar-refractivity contribution in [2.24, 2.45) is 0 Å². The fourth-order valence-electron chi connectivity index (χ4n) is 5.84. The summed E-state index contributed by atoms with van der Waals surface area (Å²) in [7, 11) is 3.26. The maximum Gasteiger partial charge on any atom is 0.337 e. The standard InChI is InChI=1S/C30H32BrNO5/c1-17-27(30(34)37-22-6-4-5-7-22)28(19-10-13-26(36-3)23(31)14-19)29-24(32-17)15-20(16-25(29)33)18-8-11-21(35-2)12-9-18/h8-14,20,22,28,32H,4-7,15-16H2,1-3H3/t20-,28+/m0/s1. The van der Waals surface area contributed by atoms with Gasteiger partial charge in [0.25, 0.3) is 0 Å². The zero-order chi connectivity index (χ0) is 26.1. The molecule has 1 aliphatic heterocycles. The van der Waals surface area contributed by atoms with E-state index in [1.807, 2.05) is 49.4 Å². The van der Waals surface area contributed by atoms with E-state index in [9.17, 15) is 9.59 Å². The summed E-state index contributed by atoms with van der Waals surface area (Å²) in [5.74, 6) is 0.730. The monoisotopic (exact) mass is 565 g/mol. The second kappa shape index (κ2) is 10.7. The number of benzene rings is 2. The zero-order valence-electron chi connectivity index (χ0n) is 21.4. The van der Waals surface area contributed by atoms with Crippen LogP contribution in [0.15, 0.2) is 69.5 Å². The van der Waals surface area contributed by atoms with Gasteiger partial charge in [-0.3, -0.25) is 4.79 Å². The number of Topliss-reactive ketones (excluding diaryl/α,β-unsaturated/α-hetero) is 1. The Hall–Kier alpha value is -3.06. The van der Waals surface area contributed by atoms with Crippen LogP contribution in [0, 0.1) is 0 Å². The van der Waals surface area contributed by atoms with Crippen LogP contribution in [0.4, 0.5) is 0 Å². The molecule has 1 saturated carbocycles. The molecule has 7 heteroatoms. The number of methoxy groups -OCH3 is 2. The quantitative estimate of drug-likeness (QED) is 0.413. The van der Waals surface area contributed by atoms with Crippen molar-refractivity contribution in [2.75, 3.05) is 14.2 Å². The minimum Gasteiger partial charge on any atom is -0.497 e. The molecule has 194 valence electrons. The van der Waals surface area contributed by atoms with Crippen LogP contribution in [-0.2, 0) is 14.3 Å². The van der Waals surface area contributed by atoms with Crippen molar-refractivity contribution in [3.63, 3.8) is 0 Å². The average Bonchev–Trinajstić information content (AvgIpc) is 3.40. The molecule has 0 spiro atoms. The van der Waals surface area contributed by atoms with Crippen molar-refractivity contribution < 1.29 is 23.8 Å². The Bertz CT molecular complexity index is 1270. The Morgan fingerprint density at radius 1 is 0.973 bits per heavy atom. The zero-order valence-corrected chi connectivity index (χ0v) is 23.0. The van der Waals surface area contributed by atoms with Crippen molar-refractivity contribution in [1.29, 1.82) is 0 Å². The number of ketones is 1. The Morgan fingerprint density at radius 2 is 1.68 bits per heavy atom. The second-order valence-corrected chi connectivity index (χ2v) is 10.9. The van der Waals surface area contributed by atoms with E-state index in [4.69, 9.17) is 14.2 Å². The van der Waals surface area contributed by atoms with Crippen molar-refractivity contribution >= 4 is 27.7 Å². The summed E-state index contributed by atoms with van der Waals surface area (Å²) >= 11 is 3.59. The first-order valence-corrected chi connectivity index (χ1v) is 13.6. The largest absolute Gasteiger partial charge is 0.497 e. The molecule has 0 aromatic heterocycles. The number of esters is 1. The Labute approximate surface area is 226 Å². The summed E-state index contributed by atoms with van der Waals surface area (Å²) in [6.45, 7) is 1.90. The maximum absolute atomic E-state index is 13.8. The highest BCUT2D eigenvalue weighted by Crippen LogP contribution is 2.47. The van der Waals surface area contributed by atoms with Gasteiger partial charge in [0.1, 0.15) is 17.6 Å². The van der Waals surface area contributed by atoms with Crippen molar-refractivity contribution in [2.45, 2.75) is 63.4 Å². The summed E-state index contributed by atoms with van der Waals surface area (Å²) in [6, 6.07) is 13.6. The van der Waals surface area contributed by atoms with Crippen LogP contribution in [0.2, 0.25) is 0 Å². The number of hydrogen-bond donors (Lipinski definition) is 1. The van der Waals surface area contributed by atoms with Crippen LogP contribution in [-0.4, -0.2) is 32.1 Å². The lowest BCUT2D eigenvalue weighted by Crippen LogP contribution is -2.36. The van der Waals surface area contributed by atoms with Gasteiger partial charge in [0, 0.05) is 29.3 Å². The van der Waals surface area contributed by atoms with Crippen LogP contribution in [0.5, 0.6) is 11.5 Å². The summed E-state index contributed by atoms with van der Waals surface area (Å²) in [6.07, 6.45) is 4.93. The lowest BCUT2D eigenvalue weighted by molar-refractivity contribution is -0.144. The van der Waals surface area contributed by atoms with E-state index in [1.165, 1.54) is 0 Å². The van der Waals surface area contributed by atoms with E-state index >= 15 is 0 Å². The van der Waals surface area contributed by atoms with Gasteiger partial charge in [-0.1, -0.05) is 18.2 Å². The molecule has 2 aromatic carbocycles. The van der Waals surface area contributed by atoms with Gasteiger partial charge in [-0.25, -0.2) is 4.79 Å². The minimum absolute atomic E-state index is 0.0465. The summed E-state index contributed by atoms with van der Waals surface area (Å²) < 4.78 is 17.5. The first-order chi connectivity index (χ1) is 17.9. The predicted molar refractivity (Wildman–Crippen MR) is 145 cm³/mol. The molecule has 2 aliphatic carbocycles. The van der Waals surface area contributed by atoms with Gasteiger partial charge in [0.15, 0.2) is 5.78 Å². The minimum atomic E-state index is -0.503. The summed E-state index contributed by atoms with van der Waals surface area (Å²) in [5.41, 5.74) is 4.74. The molecule has 0 radical (unpaired) electrons. The molecule has 2 atom stereocenters. The molecule has 1 fully saturated rings. The number of nitrogens with one attached hydrogen (secondary N) is 1. The molecule has 0 bridgehead atoms. The number of dihydropyridines is 1. The van der Waals surface area contributed by atoms with E-state index < -0.39 is 5.92 Å². The number of carbonyl (C=O) groups is 2. The molecular weight excluding hydrogens is 534 g/mol. The fraction of sp³-hybridized carbons (Fsp3) is 0.400. The molecule has 0 saturated heterocycles. The van der Waals surface area contributed by atoms with Gasteiger partial charge < -0.3 is 19.5 Å². The predicted octanol–water partition coefficient (Wildman–Crippen LogP) is 6.31. The van der Waals surface area contributed by atoms with Gasteiger partial charge in [0.05, 0.1) is 24.3 Å². The van der Waals surface area contributed by atoms with Gasteiger partial charge in [-0.2, -0.15) is 0 Å². The number of rotatable bonds is 6. The number of halogens is 1. The van der Waals surface area contributed by atoms with Gasteiger partial charge in [-0.15, -0.1) is 0 Å². The third-order valence-corrected chi connectivity index (χ3v) is 8.34. The topological polar surface area (TPSA) is 73.9 Å². The number of hydrogen-bond acceptors (Lipinski definition) is 6. The van der Waals surface area contributed by atoms with Crippen molar-refractivity contribution in [1.82, 2.24) is 5.32 Å². The number of ether oxygens (including phenoxy) is 3. The summed E-state index contributed by atoms with van der Waals surface area (Å²) in [5, 5.41) is 3.44. The van der Waals surface area contributed by atoms with Crippen LogP contribution >= 0.6 is 15.9 Å². The van der Waals surface area contributed by atoms with Crippen LogP contribution in [0.1, 0.15) is 68.4 Å². The fourth-order valence-corrected chi connectivity index (χ4v) is 6.40. The van der Waals surface area contributed by atoms with E-state index in [-0.39, 0.29) is 23.8 Å². The van der Waals surface area contributed by atoms with Gasteiger partial charge in [-0.05, 0) is 96.3 Å². The van der Waals surface area contributed by atoms with Gasteiger partial charge in [0.2, 0.25) is 0 Å². The Morgan fingerprint density at radius 3 is 2.32 bits per heavy atom. The molecule has 3 aliphatic rings. The van der Waals surface area contributed by atoms with Crippen molar-refractivity contribution in [3.8, 4) is 11.5 Å². The molecule has 0 amide bonds. The van der Waals surface area contributed by atoms with Gasteiger partial charge >= 0.3 is 5.97 Å². The van der Waals surface area contributed by atoms with Crippen LogP contribution in [0.3, 0.4) is 0 Å². The molecular formula is C30H32BrNO5. The highest BCUT2D eigenvalue weighted by molar-refractivity contribution is 9.10. The van der Waals surface area contributed by atoms with E-state index in [0.29, 0.717) is 29.7 Å². The smallest absolute Gasteiger partial charge is 0.337 e. The number of carbonyl (C=O) groups excluding carboxylic acids is 2. The first-order valence-electron chi connectivity index (χ1n) is 12.8. The van der Waals surface area contributed by atoms with E-state index in [1.54, 1.807) is 14.2 Å². The highest BCUT2D eigenvalue weighted by atomic mass is 79.9. The third kappa shape index (κ3) is 5.06. The normalized spacial score (nSPS) is 22.0. The first kappa shape index (κ1) is 25.6. The highest BCUT2D eigenvalue weighted by Gasteiger charge is 2.42. The summed E-state index contributed by atoms with van der Waals surface area (Å²) in [4.78, 5) is 27.4.